The molecule has 0 saturated heterocycles. The van der Waals surface area contributed by atoms with E-state index in [2.05, 4.69) is 6.72 Å². The van der Waals surface area contributed by atoms with E-state index in [4.69, 9.17) is 0 Å². The largest absolute Gasteiger partial charge is 0.420 e. The molecule has 2 aromatic rings. The first-order valence-corrected chi connectivity index (χ1v) is 6.60. The lowest BCUT2D eigenvalue weighted by molar-refractivity contribution is -0.432. The Labute approximate surface area is 110 Å². The second-order valence-electron chi connectivity index (χ2n) is 4.15. The smallest absolute Gasteiger partial charge is 0.214 e. The summed E-state index contributed by atoms with van der Waals surface area (Å²) in [5.41, 5.74) is 1.81. The summed E-state index contributed by atoms with van der Waals surface area (Å²) in [6.07, 6.45) is 0. The highest BCUT2D eigenvalue weighted by Gasteiger charge is 2.41. The Morgan fingerprint density at radius 1 is 1.00 bits per heavy atom. The van der Waals surface area contributed by atoms with Crippen molar-refractivity contribution in [2.24, 2.45) is 0 Å². The van der Waals surface area contributed by atoms with Gasteiger partial charge in [0, 0.05) is 10.5 Å². The molecule has 0 aromatic heterocycles. The lowest BCUT2D eigenvalue weighted by Gasteiger charge is -2.06. The summed E-state index contributed by atoms with van der Waals surface area (Å²) in [7, 11) is 0. The molecule has 0 saturated carbocycles. The molecule has 88 valence electrons. The minimum atomic E-state index is -0.0314. The summed E-state index contributed by atoms with van der Waals surface area (Å²) >= 11 is 1.65. The van der Waals surface area contributed by atoms with Gasteiger partial charge < -0.3 is 0 Å². The molecule has 0 fully saturated rings. The summed E-state index contributed by atoms with van der Waals surface area (Å²) < 4.78 is 1.56. The van der Waals surface area contributed by atoms with Crippen molar-refractivity contribution in [1.82, 2.24) is 0 Å². The third kappa shape index (κ3) is 1.77. The van der Waals surface area contributed by atoms with Gasteiger partial charge in [-0.2, -0.15) is 4.58 Å². The van der Waals surface area contributed by atoms with E-state index in [1.807, 2.05) is 54.6 Å². The van der Waals surface area contributed by atoms with Gasteiger partial charge in [-0.05, 0) is 30.0 Å². The fourth-order valence-corrected chi connectivity index (χ4v) is 3.22. The van der Waals surface area contributed by atoms with Crippen LogP contribution in [-0.2, 0) is 0 Å². The van der Waals surface area contributed by atoms with Crippen molar-refractivity contribution in [2.45, 2.75) is 10.3 Å². The van der Waals surface area contributed by atoms with Crippen molar-refractivity contribution in [1.29, 1.82) is 0 Å². The first-order chi connectivity index (χ1) is 8.77. The highest BCUT2D eigenvalue weighted by atomic mass is 32.2. The second-order valence-corrected chi connectivity index (χ2v) is 5.30. The fourth-order valence-electron chi connectivity index (χ4n) is 2.09. The summed E-state index contributed by atoms with van der Waals surface area (Å²) in [6, 6.07) is 17.8. The first-order valence-electron chi connectivity index (χ1n) is 5.72. The average Bonchev–Trinajstić information content (AvgIpc) is 2.66. The number of hydrogen-bond donors (Lipinski definition) is 0. The van der Waals surface area contributed by atoms with Crippen LogP contribution < -0.4 is 0 Å². The molecule has 1 atom stereocenters. The Morgan fingerprint density at radius 3 is 2.44 bits per heavy atom. The molecule has 0 aliphatic carbocycles. The van der Waals surface area contributed by atoms with Crippen molar-refractivity contribution >= 4 is 24.4 Å². The van der Waals surface area contributed by atoms with E-state index >= 15 is 0 Å². The van der Waals surface area contributed by atoms with Gasteiger partial charge in [-0.25, -0.2) is 4.79 Å². The number of thioether (sulfide) groups is 1. The highest BCUT2D eigenvalue weighted by Crippen LogP contribution is 2.41. The van der Waals surface area contributed by atoms with E-state index in [1.165, 1.54) is 0 Å². The number of nitrogens with zero attached hydrogens (tertiary/aromatic N) is 1. The van der Waals surface area contributed by atoms with E-state index < -0.39 is 0 Å². The van der Waals surface area contributed by atoms with Crippen molar-refractivity contribution in [2.75, 3.05) is 0 Å². The maximum Gasteiger partial charge on any atom is 0.420 e. The molecule has 1 unspecified atom stereocenters. The lowest BCUT2D eigenvalue weighted by atomic mass is 10.1. The third-order valence-corrected chi connectivity index (χ3v) is 4.27. The molecule has 2 nitrogen and oxygen atoms in total. The molecule has 1 aliphatic heterocycles. The van der Waals surface area contributed by atoms with E-state index in [-0.39, 0.29) is 11.3 Å². The summed E-state index contributed by atoms with van der Waals surface area (Å²) in [6.45, 7) is 3.87. The van der Waals surface area contributed by atoms with Crippen molar-refractivity contribution in [3.63, 3.8) is 0 Å². The molecule has 1 heterocycles. The molecule has 1 aliphatic rings. The van der Waals surface area contributed by atoms with Gasteiger partial charge in [-0.1, -0.05) is 36.4 Å². The Kier molecular flexibility index (Phi) is 2.76. The van der Waals surface area contributed by atoms with Gasteiger partial charge in [0.05, 0.1) is 0 Å². The minimum Gasteiger partial charge on any atom is -0.214 e. The van der Waals surface area contributed by atoms with E-state index in [0.29, 0.717) is 0 Å². The van der Waals surface area contributed by atoms with Gasteiger partial charge in [0.1, 0.15) is 12.3 Å². The maximum absolute atomic E-state index is 12.0. The first kappa shape index (κ1) is 11.2. The van der Waals surface area contributed by atoms with Crippen LogP contribution in [0.15, 0.2) is 59.5 Å². The minimum absolute atomic E-state index is 0.000897. The molecule has 0 bridgehead atoms. The predicted molar refractivity (Wildman–Crippen MR) is 73.2 cm³/mol. The van der Waals surface area contributed by atoms with E-state index in [1.54, 1.807) is 16.3 Å². The van der Waals surface area contributed by atoms with Crippen LogP contribution in [0.5, 0.6) is 0 Å². The quantitative estimate of drug-likeness (QED) is 0.766. The summed E-state index contributed by atoms with van der Waals surface area (Å²) in [5, 5.41) is -0.0314. The van der Waals surface area contributed by atoms with Crippen LogP contribution in [-0.4, -0.2) is 17.2 Å². The number of fused-ring (bicyclic) bond motifs is 1. The highest BCUT2D eigenvalue weighted by molar-refractivity contribution is 7.99. The molecule has 0 radical (unpaired) electrons. The van der Waals surface area contributed by atoms with Gasteiger partial charge in [0.2, 0.25) is 5.37 Å². The van der Waals surface area contributed by atoms with Crippen LogP contribution >= 0.6 is 11.8 Å². The zero-order valence-electron chi connectivity index (χ0n) is 9.74. The number of hydrogen-bond acceptors (Lipinski definition) is 2. The molecule has 3 heteroatoms. The van der Waals surface area contributed by atoms with Crippen LogP contribution in [0.1, 0.15) is 21.3 Å². The number of rotatable bonds is 2. The van der Waals surface area contributed by atoms with Gasteiger partial charge in [-0.3, -0.25) is 0 Å². The zero-order chi connectivity index (χ0) is 12.5. The van der Waals surface area contributed by atoms with Gasteiger partial charge in [0.25, 0.3) is 0 Å². The number of amides is 1. The SMILES string of the molecule is C=[N+]1C(=O)c2ccccc2C1Sc1ccccc1. The predicted octanol–water partition coefficient (Wildman–Crippen LogP) is 3.34. The average molecular weight is 254 g/mol. The molecule has 3 rings (SSSR count). The molecule has 0 N–H and O–H groups in total. The fraction of sp³-hybridized carbons (Fsp3) is 0.0667. The van der Waals surface area contributed by atoms with Crippen molar-refractivity contribution in [3.8, 4) is 0 Å². The lowest BCUT2D eigenvalue weighted by Crippen LogP contribution is -2.12. The standard InChI is InChI=1S/C15H12NOS/c1-16-14(17)12-9-5-6-10-13(12)15(16)18-11-7-3-2-4-8-11/h2-10,15H,1H2/q+1. The normalized spacial score (nSPS) is 17.9. The topological polar surface area (TPSA) is 20.1 Å². The summed E-state index contributed by atoms with van der Waals surface area (Å²) in [5.74, 6) is -0.000897. The van der Waals surface area contributed by atoms with Gasteiger partial charge >= 0.3 is 5.91 Å². The van der Waals surface area contributed by atoms with Crippen LogP contribution in [0.25, 0.3) is 0 Å². The molecule has 1 amide bonds. The zero-order valence-corrected chi connectivity index (χ0v) is 10.6. The van der Waals surface area contributed by atoms with Crippen LogP contribution in [0.3, 0.4) is 0 Å². The molecular weight excluding hydrogens is 242 g/mol. The van der Waals surface area contributed by atoms with Gasteiger partial charge in [-0.15, -0.1) is 0 Å². The van der Waals surface area contributed by atoms with E-state index in [9.17, 15) is 4.79 Å². The van der Waals surface area contributed by atoms with Crippen LogP contribution in [0, 0.1) is 0 Å². The second kappa shape index (κ2) is 4.42. The van der Waals surface area contributed by atoms with Crippen LogP contribution in [0.2, 0.25) is 0 Å². The number of carbonyl (C=O) groups is 1. The molecule has 0 spiro atoms. The maximum atomic E-state index is 12.0. The Hall–Kier alpha value is -1.87. The van der Waals surface area contributed by atoms with E-state index in [0.717, 1.165) is 16.0 Å². The molecular formula is C15H12NOS+. The third-order valence-electron chi connectivity index (χ3n) is 2.99. The summed E-state index contributed by atoms with van der Waals surface area (Å²) in [4.78, 5) is 13.2. The molecule has 18 heavy (non-hydrogen) atoms. The Balaban J connectivity index is 1.99. The van der Waals surface area contributed by atoms with Crippen LogP contribution in [0.4, 0.5) is 0 Å². The van der Waals surface area contributed by atoms with Crippen molar-refractivity contribution < 1.29 is 9.37 Å². The number of benzene rings is 2. The van der Waals surface area contributed by atoms with Crippen molar-refractivity contribution in [3.05, 3.63) is 65.7 Å². The Morgan fingerprint density at radius 2 is 1.67 bits per heavy atom. The molecule has 2 aromatic carbocycles. The monoisotopic (exact) mass is 254 g/mol. The number of carbonyl (C=O) groups excluding carboxylic acids is 1. The van der Waals surface area contributed by atoms with Gasteiger partial charge in [0.15, 0.2) is 0 Å². The Bertz CT molecular complexity index is 621.